The summed E-state index contributed by atoms with van der Waals surface area (Å²) in [6.45, 7) is 14.3. The summed E-state index contributed by atoms with van der Waals surface area (Å²) in [5.41, 5.74) is 0. The van der Waals surface area contributed by atoms with E-state index in [0.717, 1.165) is 23.7 Å². The topological polar surface area (TPSA) is 0 Å². The van der Waals surface area contributed by atoms with Crippen LogP contribution in [-0.4, -0.2) is 0 Å². The molecular formula is C19H40. The Kier molecular flexibility index (Phi) is 11.8. The van der Waals surface area contributed by atoms with Gasteiger partial charge in [0.15, 0.2) is 0 Å². The molecule has 0 fully saturated rings. The Bertz CT molecular complexity index is 182. The van der Waals surface area contributed by atoms with E-state index in [4.69, 9.17) is 0 Å². The van der Waals surface area contributed by atoms with Gasteiger partial charge in [0.05, 0.1) is 0 Å². The van der Waals surface area contributed by atoms with E-state index in [1.165, 1.54) is 57.8 Å². The van der Waals surface area contributed by atoms with Crippen LogP contribution in [0.4, 0.5) is 0 Å². The van der Waals surface area contributed by atoms with Crippen molar-refractivity contribution in [2.24, 2.45) is 23.7 Å². The van der Waals surface area contributed by atoms with Crippen molar-refractivity contribution in [3.05, 3.63) is 0 Å². The first-order chi connectivity index (χ1) is 8.99. The van der Waals surface area contributed by atoms with Crippen molar-refractivity contribution in [1.82, 2.24) is 0 Å². The fourth-order valence-corrected chi connectivity index (χ4v) is 3.28. The molecule has 0 aliphatic carbocycles. The normalized spacial score (nSPS) is 16.6. The van der Waals surface area contributed by atoms with Gasteiger partial charge in [-0.25, -0.2) is 0 Å². The first-order valence-corrected chi connectivity index (χ1v) is 8.99. The van der Waals surface area contributed by atoms with Crippen LogP contribution in [0.25, 0.3) is 0 Å². The van der Waals surface area contributed by atoms with Crippen LogP contribution in [0.5, 0.6) is 0 Å². The molecule has 0 N–H and O–H groups in total. The Balaban J connectivity index is 3.76. The second-order valence-corrected chi connectivity index (χ2v) is 7.42. The zero-order valence-corrected chi connectivity index (χ0v) is 14.7. The minimum absolute atomic E-state index is 0.870. The maximum atomic E-state index is 2.48. The molecule has 0 aromatic rings. The molecular weight excluding hydrogens is 228 g/mol. The van der Waals surface area contributed by atoms with Crippen LogP contribution in [0.3, 0.4) is 0 Å². The Morgan fingerprint density at radius 1 is 0.684 bits per heavy atom. The molecule has 116 valence electrons. The maximum Gasteiger partial charge on any atom is -0.0409 e. The molecule has 0 heteroatoms. The number of unbranched alkanes of at least 4 members (excludes halogenated alkanes) is 1. The van der Waals surface area contributed by atoms with E-state index < -0.39 is 0 Å². The molecule has 3 atom stereocenters. The van der Waals surface area contributed by atoms with E-state index in [-0.39, 0.29) is 0 Å². The van der Waals surface area contributed by atoms with Crippen LogP contribution in [0.2, 0.25) is 0 Å². The first-order valence-electron chi connectivity index (χ1n) is 8.99. The third-order valence-corrected chi connectivity index (χ3v) is 4.58. The summed E-state index contributed by atoms with van der Waals surface area (Å²) in [4.78, 5) is 0. The standard InChI is InChI=1S/C19H40/c1-7-11-19(14-16(3)4)15-18(6)13-10-9-12-17(5)8-2/h16-19H,7-15H2,1-6H3. The van der Waals surface area contributed by atoms with E-state index in [1.807, 2.05) is 0 Å². The van der Waals surface area contributed by atoms with Gasteiger partial charge >= 0.3 is 0 Å². The van der Waals surface area contributed by atoms with Gasteiger partial charge in [-0.15, -0.1) is 0 Å². The summed E-state index contributed by atoms with van der Waals surface area (Å²) in [7, 11) is 0. The number of hydrogen-bond donors (Lipinski definition) is 0. The average molecular weight is 269 g/mol. The highest BCUT2D eigenvalue weighted by molar-refractivity contribution is 4.66. The first kappa shape index (κ1) is 19.0. The molecule has 0 rings (SSSR count). The van der Waals surface area contributed by atoms with Gasteiger partial charge in [0, 0.05) is 0 Å². The van der Waals surface area contributed by atoms with Gasteiger partial charge in [-0.05, 0) is 36.5 Å². The Hall–Kier alpha value is 0. The van der Waals surface area contributed by atoms with Gasteiger partial charge in [0.2, 0.25) is 0 Å². The highest BCUT2D eigenvalue weighted by Crippen LogP contribution is 2.27. The van der Waals surface area contributed by atoms with Crippen LogP contribution in [0, 0.1) is 23.7 Å². The monoisotopic (exact) mass is 268 g/mol. The lowest BCUT2D eigenvalue weighted by Crippen LogP contribution is -2.09. The molecule has 0 heterocycles. The van der Waals surface area contributed by atoms with Gasteiger partial charge in [-0.3, -0.25) is 0 Å². The smallest absolute Gasteiger partial charge is 0.0409 e. The lowest BCUT2D eigenvalue weighted by Gasteiger charge is -2.22. The molecule has 19 heavy (non-hydrogen) atoms. The van der Waals surface area contributed by atoms with Crippen LogP contribution in [0.1, 0.15) is 99.3 Å². The van der Waals surface area contributed by atoms with E-state index in [2.05, 4.69) is 41.5 Å². The minimum atomic E-state index is 0.870. The molecule has 0 saturated heterocycles. The van der Waals surface area contributed by atoms with Crippen LogP contribution < -0.4 is 0 Å². The lowest BCUT2D eigenvalue weighted by atomic mass is 9.84. The van der Waals surface area contributed by atoms with Crippen molar-refractivity contribution >= 4 is 0 Å². The molecule has 3 unspecified atom stereocenters. The van der Waals surface area contributed by atoms with Crippen molar-refractivity contribution in [3.8, 4) is 0 Å². The average Bonchev–Trinajstić information content (AvgIpc) is 2.33. The van der Waals surface area contributed by atoms with E-state index in [1.54, 1.807) is 0 Å². The Morgan fingerprint density at radius 3 is 1.74 bits per heavy atom. The van der Waals surface area contributed by atoms with Gasteiger partial charge in [0.25, 0.3) is 0 Å². The van der Waals surface area contributed by atoms with Gasteiger partial charge in [0.1, 0.15) is 0 Å². The van der Waals surface area contributed by atoms with Gasteiger partial charge in [-0.1, -0.05) is 86.5 Å². The van der Waals surface area contributed by atoms with Gasteiger partial charge in [-0.2, -0.15) is 0 Å². The molecule has 0 radical (unpaired) electrons. The van der Waals surface area contributed by atoms with Crippen molar-refractivity contribution in [2.75, 3.05) is 0 Å². The molecule has 0 spiro atoms. The van der Waals surface area contributed by atoms with Crippen LogP contribution in [-0.2, 0) is 0 Å². The van der Waals surface area contributed by atoms with Crippen molar-refractivity contribution < 1.29 is 0 Å². The molecule has 0 amide bonds. The van der Waals surface area contributed by atoms with Crippen molar-refractivity contribution in [1.29, 1.82) is 0 Å². The number of hydrogen-bond acceptors (Lipinski definition) is 0. The second-order valence-electron chi connectivity index (χ2n) is 7.42. The van der Waals surface area contributed by atoms with Gasteiger partial charge < -0.3 is 0 Å². The third-order valence-electron chi connectivity index (χ3n) is 4.58. The summed E-state index contributed by atoms with van der Waals surface area (Å²) in [5.74, 6) is 3.72. The third kappa shape index (κ3) is 11.5. The highest BCUT2D eigenvalue weighted by Gasteiger charge is 2.14. The Labute approximate surface area is 123 Å². The molecule has 0 bridgehead atoms. The van der Waals surface area contributed by atoms with Crippen molar-refractivity contribution in [3.63, 3.8) is 0 Å². The number of rotatable bonds is 12. The highest BCUT2D eigenvalue weighted by atomic mass is 14.2. The van der Waals surface area contributed by atoms with E-state index in [9.17, 15) is 0 Å². The largest absolute Gasteiger partial charge is 0.0654 e. The SMILES string of the molecule is CCCC(CC(C)C)CC(C)CCCCC(C)CC. The van der Waals surface area contributed by atoms with Crippen LogP contribution >= 0.6 is 0 Å². The Morgan fingerprint density at radius 2 is 1.26 bits per heavy atom. The predicted octanol–water partition coefficient (Wildman–Crippen LogP) is 7.08. The zero-order valence-electron chi connectivity index (χ0n) is 14.7. The second kappa shape index (κ2) is 11.8. The fourth-order valence-electron chi connectivity index (χ4n) is 3.28. The summed E-state index contributed by atoms with van der Waals surface area (Å²) < 4.78 is 0. The maximum absolute atomic E-state index is 2.48. The summed E-state index contributed by atoms with van der Waals surface area (Å²) >= 11 is 0. The molecule has 0 aliphatic heterocycles. The van der Waals surface area contributed by atoms with E-state index in [0.29, 0.717) is 0 Å². The van der Waals surface area contributed by atoms with Crippen LogP contribution in [0.15, 0.2) is 0 Å². The summed E-state index contributed by atoms with van der Waals surface area (Å²) in [5, 5.41) is 0. The molecule has 0 nitrogen and oxygen atoms in total. The molecule has 0 aromatic carbocycles. The minimum Gasteiger partial charge on any atom is -0.0654 e. The molecule has 0 saturated carbocycles. The molecule has 0 aliphatic rings. The van der Waals surface area contributed by atoms with Crippen molar-refractivity contribution in [2.45, 2.75) is 99.3 Å². The predicted molar refractivity (Wildman–Crippen MR) is 89.6 cm³/mol. The fraction of sp³-hybridized carbons (Fsp3) is 1.00. The summed E-state index contributed by atoms with van der Waals surface area (Å²) in [6.07, 6.45) is 12.8. The zero-order chi connectivity index (χ0) is 14.7. The van der Waals surface area contributed by atoms with E-state index >= 15 is 0 Å². The lowest BCUT2D eigenvalue weighted by molar-refractivity contribution is 0.298. The quantitative estimate of drug-likeness (QED) is 0.332. The summed E-state index contributed by atoms with van der Waals surface area (Å²) in [6, 6.07) is 0. The molecule has 0 aromatic heterocycles.